The molecule has 0 aliphatic carbocycles. The lowest BCUT2D eigenvalue weighted by molar-refractivity contribution is 0.0191. The van der Waals surface area contributed by atoms with Crippen molar-refractivity contribution in [3.8, 4) is 0 Å². The van der Waals surface area contributed by atoms with Gasteiger partial charge in [0.2, 0.25) is 0 Å². The average Bonchev–Trinajstić information content (AvgIpc) is 3.24. The van der Waals surface area contributed by atoms with Gasteiger partial charge in [0.25, 0.3) is 0 Å². The highest BCUT2D eigenvalue weighted by Crippen LogP contribution is 2.24. The van der Waals surface area contributed by atoms with Crippen LogP contribution >= 0.6 is 47.2 Å². The summed E-state index contributed by atoms with van der Waals surface area (Å²) in [5.74, 6) is 0.841. The Morgan fingerprint density at radius 1 is 1.23 bits per heavy atom. The van der Waals surface area contributed by atoms with Crippen molar-refractivity contribution in [1.29, 1.82) is 0 Å². The molecule has 2 fully saturated rings. The van der Waals surface area contributed by atoms with Crippen LogP contribution in [0.2, 0.25) is 10.0 Å². The third-order valence-electron chi connectivity index (χ3n) is 5.41. The van der Waals surface area contributed by atoms with Crippen LogP contribution in [0.4, 0.5) is 0 Å². The van der Waals surface area contributed by atoms with Crippen LogP contribution in [0.1, 0.15) is 31.2 Å². The summed E-state index contributed by atoms with van der Waals surface area (Å²) >= 11 is 12.1. The minimum absolute atomic E-state index is 0. The summed E-state index contributed by atoms with van der Waals surface area (Å²) in [4.78, 5) is 6.79. The second-order valence-corrected chi connectivity index (χ2v) is 8.47. The molecule has 0 aromatic heterocycles. The zero-order valence-electron chi connectivity index (χ0n) is 17.5. The van der Waals surface area contributed by atoms with Crippen LogP contribution in [0, 0.1) is 0 Å². The number of aliphatic imine (C=N–C) groups is 1. The van der Waals surface area contributed by atoms with Gasteiger partial charge in [-0.15, -0.1) is 24.0 Å². The van der Waals surface area contributed by atoms with Crippen molar-refractivity contribution in [2.45, 2.75) is 44.4 Å². The van der Waals surface area contributed by atoms with Gasteiger partial charge in [0.05, 0.1) is 29.4 Å². The monoisotopic (exact) mass is 570 g/mol. The van der Waals surface area contributed by atoms with Crippen LogP contribution in [0.5, 0.6) is 0 Å². The first-order valence-electron chi connectivity index (χ1n) is 10.5. The first kappa shape index (κ1) is 25.9. The fourth-order valence-electron chi connectivity index (χ4n) is 3.75. The van der Waals surface area contributed by atoms with Crippen LogP contribution in [0.3, 0.4) is 0 Å². The third-order valence-corrected chi connectivity index (χ3v) is 6.15. The average molecular weight is 571 g/mol. The van der Waals surface area contributed by atoms with Gasteiger partial charge in [0.1, 0.15) is 0 Å². The molecule has 2 heterocycles. The molecule has 0 spiro atoms. The number of likely N-dealkylation sites (tertiary alicyclic amines) is 1. The number of hydrogen-bond acceptors (Lipinski definition) is 4. The molecule has 1 atom stereocenters. The maximum Gasteiger partial charge on any atom is 0.191 e. The van der Waals surface area contributed by atoms with Gasteiger partial charge in [-0.1, -0.05) is 29.3 Å². The second kappa shape index (κ2) is 14.0. The zero-order valence-corrected chi connectivity index (χ0v) is 21.4. The molecular formula is C21H33Cl2IN4O2. The highest BCUT2D eigenvalue weighted by molar-refractivity contribution is 14.0. The maximum atomic E-state index is 6.13. The number of nitrogens with one attached hydrogen (secondary N) is 2. The van der Waals surface area contributed by atoms with E-state index in [-0.39, 0.29) is 30.1 Å². The first-order chi connectivity index (χ1) is 14.1. The van der Waals surface area contributed by atoms with E-state index in [9.17, 15) is 0 Å². The Bertz CT molecular complexity index is 666. The van der Waals surface area contributed by atoms with Gasteiger partial charge in [-0.25, -0.2) is 0 Å². The molecule has 1 aromatic carbocycles. The molecular weight excluding hydrogens is 538 g/mol. The summed E-state index contributed by atoms with van der Waals surface area (Å²) in [6.45, 7) is 5.93. The smallest absolute Gasteiger partial charge is 0.191 e. The van der Waals surface area contributed by atoms with Crippen LogP contribution in [-0.4, -0.2) is 69.5 Å². The predicted octanol–water partition coefficient (Wildman–Crippen LogP) is 3.94. The van der Waals surface area contributed by atoms with Crippen molar-refractivity contribution in [2.24, 2.45) is 4.99 Å². The lowest BCUT2D eigenvalue weighted by Crippen LogP contribution is -2.49. The molecule has 170 valence electrons. The zero-order chi connectivity index (χ0) is 20.5. The molecule has 2 saturated heterocycles. The number of ether oxygens (including phenoxy) is 2. The van der Waals surface area contributed by atoms with E-state index in [1.807, 2.05) is 25.2 Å². The lowest BCUT2D eigenvalue weighted by Gasteiger charge is -2.33. The molecule has 6 nitrogen and oxygen atoms in total. The minimum Gasteiger partial charge on any atom is -0.377 e. The number of piperidine rings is 1. The van der Waals surface area contributed by atoms with E-state index in [1.165, 1.54) is 5.56 Å². The molecule has 0 amide bonds. The standard InChI is InChI=1S/C21H32Cl2N4O2.HI/c1-24-21(25-8-12-28-15-18-3-2-11-29-18)26-17-6-9-27(10-7-17)14-16-4-5-19(22)20(23)13-16;/h4-5,13,17-18H,2-3,6-12,14-15H2,1H3,(H2,24,25,26);1H. The molecule has 9 heteroatoms. The predicted molar refractivity (Wildman–Crippen MR) is 134 cm³/mol. The molecule has 2 aliphatic rings. The Kier molecular flexibility index (Phi) is 12.1. The van der Waals surface area contributed by atoms with Gasteiger partial charge in [-0.05, 0) is 43.4 Å². The van der Waals surface area contributed by atoms with E-state index in [4.69, 9.17) is 32.7 Å². The number of hydrogen-bond donors (Lipinski definition) is 2. The molecule has 2 N–H and O–H groups in total. The highest BCUT2D eigenvalue weighted by atomic mass is 127. The second-order valence-electron chi connectivity index (χ2n) is 7.65. The summed E-state index contributed by atoms with van der Waals surface area (Å²) in [6, 6.07) is 6.30. The summed E-state index contributed by atoms with van der Waals surface area (Å²) in [5.41, 5.74) is 1.20. The normalized spacial score (nSPS) is 20.8. The van der Waals surface area contributed by atoms with E-state index in [0.717, 1.165) is 64.4 Å². The van der Waals surface area contributed by atoms with Crippen LogP contribution < -0.4 is 10.6 Å². The first-order valence-corrected chi connectivity index (χ1v) is 11.2. The van der Waals surface area contributed by atoms with Crippen molar-refractivity contribution >= 4 is 53.1 Å². The Morgan fingerprint density at radius 3 is 2.70 bits per heavy atom. The molecule has 0 bridgehead atoms. The Labute approximate surface area is 207 Å². The van der Waals surface area contributed by atoms with Crippen molar-refractivity contribution in [3.63, 3.8) is 0 Å². The summed E-state index contributed by atoms with van der Waals surface area (Å²) < 4.78 is 11.3. The van der Waals surface area contributed by atoms with Crippen LogP contribution in [-0.2, 0) is 16.0 Å². The topological polar surface area (TPSA) is 58.1 Å². The van der Waals surface area contributed by atoms with E-state index >= 15 is 0 Å². The van der Waals surface area contributed by atoms with E-state index in [0.29, 0.717) is 29.3 Å². The van der Waals surface area contributed by atoms with Crippen molar-refractivity contribution in [2.75, 3.05) is 46.5 Å². The molecule has 0 radical (unpaired) electrons. The van der Waals surface area contributed by atoms with Gasteiger partial charge >= 0.3 is 0 Å². The van der Waals surface area contributed by atoms with E-state index in [1.54, 1.807) is 0 Å². The van der Waals surface area contributed by atoms with Gasteiger partial charge in [-0.3, -0.25) is 9.89 Å². The lowest BCUT2D eigenvalue weighted by atomic mass is 10.0. The number of halogens is 3. The van der Waals surface area contributed by atoms with Gasteiger partial charge in [0.15, 0.2) is 5.96 Å². The SMILES string of the molecule is CN=C(NCCOCC1CCCO1)NC1CCN(Cc2ccc(Cl)c(Cl)c2)CC1.I. The Hall–Kier alpha value is -0.320. The molecule has 3 rings (SSSR count). The van der Waals surface area contributed by atoms with Crippen molar-refractivity contribution in [3.05, 3.63) is 33.8 Å². The molecule has 0 saturated carbocycles. The fraction of sp³-hybridized carbons (Fsp3) is 0.667. The highest BCUT2D eigenvalue weighted by Gasteiger charge is 2.20. The largest absolute Gasteiger partial charge is 0.377 e. The van der Waals surface area contributed by atoms with Crippen molar-refractivity contribution in [1.82, 2.24) is 15.5 Å². The number of nitrogens with zero attached hydrogens (tertiary/aromatic N) is 2. The van der Waals surface area contributed by atoms with Gasteiger partial charge in [-0.2, -0.15) is 0 Å². The fourth-order valence-corrected chi connectivity index (χ4v) is 4.07. The molecule has 1 unspecified atom stereocenters. The summed E-state index contributed by atoms with van der Waals surface area (Å²) in [5, 5.41) is 8.10. The maximum absolute atomic E-state index is 6.13. The molecule has 1 aromatic rings. The Morgan fingerprint density at radius 2 is 2.03 bits per heavy atom. The number of guanidine groups is 1. The molecule has 30 heavy (non-hydrogen) atoms. The van der Waals surface area contributed by atoms with Crippen molar-refractivity contribution < 1.29 is 9.47 Å². The van der Waals surface area contributed by atoms with Crippen LogP contribution in [0.15, 0.2) is 23.2 Å². The Balaban J connectivity index is 0.00000320. The quantitative estimate of drug-likeness (QED) is 0.215. The third kappa shape index (κ3) is 8.67. The van der Waals surface area contributed by atoms with E-state index < -0.39 is 0 Å². The minimum atomic E-state index is 0. The van der Waals surface area contributed by atoms with E-state index in [2.05, 4.69) is 20.5 Å². The number of rotatable bonds is 8. The van der Waals surface area contributed by atoms with Gasteiger partial charge in [0, 0.05) is 45.9 Å². The summed E-state index contributed by atoms with van der Waals surface area (Å²) in [7, 11) is 1.81. The van der Waals surface area contributed by atoms with Crippen LogP contribution in [0.25, 0.3) is 0 Å². The molecule has 2 aliphatic heterocycles. The number of benzene rings is 1. The summed E-state index contributed by atoms with van der Waals surface area (Å²) in [6.07, 6.45) is 4.70. The van der Waals surface area contributed by atoms with Gasteiger partial charge < -0.3 is 20.1 Å².